The maximum atomic E-state index is 12.2. The topological polar surface area (TPSA) is 29.1 Å². The van der Waals surface area contributed by atoms with Crippen molar-refractivity contribution in [3.8, 4) is 0 Å². The van der Waals surface area contributed by atoms with Crippen molar-refractivity contribution >= 4 is 33.4 Å². The summed E-state index contributed by atoms with van der Waals surface area (Å²) < 4.78 is 0.971. The fourth-order valence-corrected chi connectivity index (χ4v) is 2.86. The lowest BCUT2D eigenvalue weighted by molar-refractivity contribution is 0.0949. The van der Waals surface area contributed by atoms with Crippen LogP contribution in [0.2, 0.25) is 5.02 Å². The molecule has 2 aromatic carbocycles. The van der Waals surface area contributed by atoms with Crippen molar-refractivity contribution in [1.82, 2.24) is 5.32 Å². The maximum Gasteiger partial charge on any atom is 0.251 e. The monoisotopic (exact) mass is 363 g/mol. The van der Waals surface area contributed by atoms with E-state index >= 15 is 0 Å². The SMILES string of the molecule is O=C(NCC1(c2ccc(Cl)cc2)CC1)c1ccc(Br)cc1. The van der Waals surface area contributed by atoms with Gasteiger partial charge in [0.15, 0.2) is 0 Å². The molecule has 2 nitrogen and oxygen atoms in total. The van der Waals surface area contributed by atoms with Gasteiger partial charge in [0.1, 0.15) is 0 Å². The molecule has 0 radical (unpaired) electrons. The van der Waals surface area contributed by atoms with Gasteiger partial charge in [-0.3, -0.25) is 4.79 Å². The Labute approximate surface area is 137 Å². The lowest BCUT2D eigenvalue weighted by Crippen LogP contribution is -2.32. The van der Waals surface area contributed by atoms with Gasteiger partial charge in [0.05, 0.1) is 0 Å². The Bertz CT molecular complexity index is 647. The van der Waals surface area contributed by atoms with Crippen LogP contribution in [0.15, 0.2) is 53.0 Å². The number of benzene rings is 2. The molecule has 0 aliphatic heterocycles. The number of halogens is 2. The molecule has 108 valence electrons. The van der Waals surface area contributed by atoms with Crippen LogP contribution in [-0.4, -0.2) is 12.5 Å². The second-order valence-corrected chi connectivity index (χ2v) is 6.83. The molecule has 2 aromatic rings. The average molecular weight is 365 g/mol. The molecule has 21 heavy (non-hydrogen) atoms. The minimum atomic E-state index is -0.0252. The van der Waals surface area contributed by atoms with Gasteiger partial charge in [-0.2, -0.15) is 0 Å². The molecule has 4 heteroatoms. The summed E-state index contributed by atoms with van der Waals surface area (Å²) >= 11 is 9.30. The van der Waals surface area contributed by atoms with E-state index in [4.69, 9.17) is 11.6 Å². The molecular weight excluding hydrogens is 350 g/mol. The first-order valence-corrected chi connectivity index (χ1v) is 8.06. The molecule has 1 saturated carbocycles. The number of amides is 1. The Morgan fingerprint density at radius 3 is 2.29 bits per heavy atom. The second kappa shape index (κ2) is 5.82. The molecular formula is C17H15BrClNO. The van der Waals surface area contributed by atoms with Gasteiger partial charge in [-0.1, -0.05) is 39.7 Å². The van der Waals surface area contributed by atoms with Crippen LogP contribution in [0.4, 0.5) is 0 Å². The maximum absolute atomic E-state index is 12.2. The Hall–Kier alpha value is -1.32. The molecule has 0 saturated heterocycles. The number of hydrogen-bond donors (Lipinski definition) is 1. The van der Waals surface area contributed by atoms with Crippen molar-refractivity contribution in [2.45, 2.75) is 18.3 Å². The van der Waals surface area contributed by atoms with Gasteiger partial charge in [0.2, 0.25) is 0 Å². The second-order valence-electron chi connectivity index (χ2n) is 5.48. The summed E-state index contributed by atoms with van der Waals surface area (Å²) in [5.41, 5.74) is 2.03. The molecule has 1 fully saturated rings. The van der Waals surface area contributed by atoms with Gasteiger partial charge in [0, 0.05) is 27.0 Å². The van der Waals surface area contributed by atoms with E-state index in [2.05, 4.69) is 33.4 Å². The molecule has 0 spiro atoms. The molecule has 3 rings (SSSR count). The van der Waals surface area contributed by atoms with Crippen molar-refractivity contribution < 1.29 is 4.79 Å². The van der Waals surface area contributed by atoms with E-state index in [1.54, 1.807) is 0 Å². The van der Waals surface area contributed by atoms with Gasteiger partial charge < -0.3 is 5.32 Å². The van der Waals surface area contributed by atoms with Crippen LogP contribution in [0.3, 0.4) is 0 Å². The Balaban J connectivity index is 1.66. The van der Waals surface area contributed by atoms with Crippen LogP contribution >= 0.6 is 27.5 Å². The lowest BCUT2D eigenvalue weighted by Gasteiger charge is -2.17. The van der Waals surface area contributed by atoms with E-state index in [-0.39, 0.29) is 11.3 Å². The molecule has 0 bridgehead atoms. The number of carbonyl (C=O) groups is 1. The minimum absolute atomic E-state index is 0.0252. The third-order valence-electron chi connectivity index (χ3n) is 4.00. The van der Waals surface area contributed by atoms with E-state index < -0.39 is 0 Å². The Morgan fingerprint density at radius 1 is 1.10 bits per heavy atom. The zero-order chi connectivity index (χ0) is 14.9. The normalized spacial score (nSPS) is 15.5. The Morgan fingerprint density at radius 2 is 1.71 bits per heavy atom. The number of rotatable bonds is 4. The predicted octanol–water partition coefficient (Wildman–Crippen LogP) is 4.56. The summed E-state index contributed by atoms with van der Waals surface area (Å²) in [5, 5.41) is 3.79. The molecule has 0 unspecified atom stereocenters. The van der Waals surface area contributed by atoms with Crippen molar-refractivity contribution in [2.24, 2.45) is 0 Å². The first-order chi connectivity index (χ1) is 10.1. The number of carbonyl (C=O) groups excluding carboxylic acids is 1. The van der Waals surface area contributed by atoms with E-state index in [9.17, 15) is 4.79 Å². The predicted molar refractivity (Wildman–Crippen MR) is 88.8 cm³/mol. The van der Waals surface area contributed by atoms with E-state index in [1.165, 1.54) is 5.56 Å². The Kier molecular flexibility index (Phi) is 4.05. The fraction of sp³-hybridized carbons (Fsp3) is 0.235. The number of hydrogen-bond acceptors (Lipinski definition) is 1. The molecule has 1 aliphatic rings. The summed E-state index contributed by atoms with van der Waals surface area (Å²) in [4.78, 5) is 12.2. The van der Waals surface area contributed by atoms with Crippen LogP contribution in [0.25, 0.3) is 0 Å². The minimum Gasteiger partial charge on any atom is -0.351 e. The third kappa shape index (κ3) is 3.30. The molecule has 1 N–H and O–H groups in total. The van der Waals surface area contributed by atoms with Crippen LogP contribution in [0.5, 0.6) is 0 Å². The highest BCUT2D eigenvalue weighted by molar-refractivity contribution is 9.10. The van der Waals surface area contributed by atoms with E-state index in [1.807, 2.05) is 36.4 Å². The standard InChI is InChI=1S/C17H15BrClNO/c18-14-5-1-12(2-6-14)16(21)20-11-17(9-10-17)13-3-7-15(19)8-4-13/h1-8H,9-11H2,(H,20,21). The molecule has 0 aromatic heterocycles. The van der Waals surface area contributed by atoms with Gasteiger partial charge in [-0.15, -0.1) is 0 Å². The number of nitrogens with one attached hydrogen (secondary N) is 1. The molecule has 1 aliphatic carbocycles. The van der Waals surface area contributed by atoms with Crippen molar-refractivity contribution in [1.29, 1.82) is 0 Å². The van der Waals surface area contributed by atoms with Crippen molar-refractivity contribution in [3.05, 3.63) is 69.2 Å². The van der Waals surface area contributed by atoms with Crippen LogP contribution in [-0.2, 0) is 5.41 Å². The fourth-order valence-electron chi connectivity index (χ4n) is 2.47. The molecule has 0 heterocycles. The lowest BCUT2D eigenvalue weighted by atomic mass is 9.96. The first kappa shape index (κ1) is 14.6. The third-order valence-corrected chi connectivity index (χ3v) is 4.78. The zero-order valence-corrected chi connectivity index (χ0v) is 13.7. The van der Waals surface area contributed by atoms with E-state index in [0.717, 1.165) is 22.3 Å². The summed E-state index contributed by atoms with van der Waals surface area (Å²) in [6.07, 6.45) is 2.21. The highest BCUT2D eigenvalue weighted by atomic mass is 79.9. The first-order valence-electron chi connectivity index (χ1n) is 6.89. The highest BCUT2D eigenvalue weighted by Crippen LogP contribution is 2.47. The van der Waals surface area contributed by atoms with Gasteiger partial charge in [-0.05, 0) is 54.8 Å². The summed E-state index contributed by atoms with van der Waals surface area (Å²) in [6.45, 7) is 0.670. The summed E-state index contributed by atoms with van der Waals surface area (Å²) in [5.74, 6) is -0.0252. The van der Waals surface area contributed by atoms with Crippen LogP contribution in [0, 0.1) is 0 Å². The molecule has 1 amide bonds. The highest BCUT2D eigenvalue weighted by Gasteiger charge is 2.44. The quantitative estimate of drug-likeness (QED) is 0.846. The van der Waals surface area contributed by atoms with Gasteiger partial charge >= 0.3 is 0 Å². The van der Waals surface area contributed by atoms with Gasteiger partial charge in [0.25, 0.3) is 5.91 Å². The summed E-state index contributed by atoms with van der Waals surface area (Å²) in [7, 11) is 0. The van der Waals surface area contributed by atoms with Crippen LogP contribution in [0.1, 0.15) is 28.8 Å². The zero-order valence-electron chi connectivity index (χ0n) is 11.4. The largest absolute Gasteiger partial charge is 0.351 e. The van der Waals surface area contributed by atoms with Crippen molar-refractivity contribution in [2.75, 3.05) is 6.54 Å². The van der Waals surface area contributed by atoms with Crippen LogP contribution < -0.4 is 5.32 Å². The van der Waals surface area contributed by atoms with Crippen molar-refractivity contribution in [3.63, 3.8) is 0 Å². The van der Waals surface area contributed by atoms with E-state index in [0.29, 0.717) is 12.1 Å². The van der Waals surface area contributed by atoms with Gasteiger partial charge in [-0.25, -0.2) is 0 Å². The smallest absolute Gasteiger partial charge is 0.251 e. The summed E-state index contributed by atoms with van der Waals surface area (Å²) in [6, 6.07) is 15.3. The average Bonchev–Trinajstić information content (AvgIpc) is 3.27. The molecule has 0 atom stereocenters.